The number of nitrogens with two attached hydrogens (primary N) is 1. The fourth-order valence-corrected chi connectivity index (χ4v) is 2.39. The van der Waals surface area contributed by atoms with Gasteiger partial charge in [-0.2, -0.15) is 0 Å². The fourth-order valence-electron chi connectivity index (χ4n) is 1.59. The summed E-state index contributed by atoms with van der Waals surface area (Å²) in [5.41, 5.74) is 5.17. The number of pyridine rings is 1. The van der Waals surface area contributed by atoms with Crippen molar-refractivity contribution >= 4 is 11.3 Å². The van der Waals surface area contributed by atoms with Gasteiger partial charge in [-0.15, -0.1) is 11.3 Å². The van der Waals surface area contributed by atoms with E-state index in [1.807, 2.05) is 25.3 Å². The number of thiophene rings is 1. The maximum absolute atomic E-state index is 5.60. The Morgan fingerprint density at radius 1 is 1.47 bits per heavy atom. The Kier molecular flexibility index (Phi) is 3.11. The van der Waals surface area contributed by atoms with E-state index in [4.69, 9.17) is 5.84 Å². The first-order chi connectivity index (χ1) is 7.33. The highest BCUT2D eigenvalue weighted by Gasteiger charge is 2.14. The lowest BCUT2D eigenvalue weighted by molar-refractivity contribution is 0.642. The molecule has 0 amide bonds. The fraction of sp³-hybridized carbons (Fsp3) is 0.182. The third-order valence-electron chi connectivity index (χ3n) is 2.37. The zero-order valence-corrected chi connectivity index (χ0v) is 9.29. The normalized spacial score (nSPS) is 12.7. The van der Waals surface area contributed by atoms with Crippen LogP contribution in [0.2, 0.25) is 0 Å². The van der Waals surface area contributed by atoms with Gasteiger partial charge in [0.2, 0.25) is 0 Å². The predicted octanol–water partition coefficient (Wildman–Crippen LogP) is 2.00. The molecule has 2 aromatic rings. The number of hydrazine groups is 1. The summed E-state index contributed by atoms with van der Waals surface area (Å²) in [6, 6.07) is 6.17. The molecule has 2 aromatic heterocycles. The minimum atomic E-state index is 0.0630. The Labute approximate surface area is 92.9 Å². The molecular weight excluding hydrogens is 206 g/mol. The zero-order chi connectivity index (χ0) is 10.7. The molecule has 3 nitrogen and oxygen atoms in total. The Morgan fingerprint density at radius 2 is 2.33 bits per heavy atom. The van der Waals surface area contributed by atoms with Crippen molar-refractivity contribution < 1.29 is 0 Å². The summed E-state index contributed by atoms with van der Waals surface area (Å²) in [5, 5.41) is 2.05. The van der Waals surface area contributed by atoms with Crippen molar-refractivity contribution in [1.82, 2.24) is 10.4 Å². The molecule has 4 heteroatoms. The van der Waals surface area contributed by atoms with Gasteiger partial charge in [-0.1, -0.05) is 6.07 Å². The van der Waals surface area contributed by atoms with E-state index in [0.29, 0.717) is 0 Å². The van der Waals surface area contributed by atoms with Crippen LogP contribution in [0, 0.1) is 6.92 Å². The molecule has 0 saturated heterocycles. The van der Waals surface area contributed by atoms with Crippen molar-refractivity contribution in [2.24, 2.45) is 5.84 Å². The van der Waals surface area contributed by atoms with E-state index >= 15 is 0 Å². The van der Waals surface area contributed by atoms with E-state index in [1.165, 1.54) is 10.4 Å². The minimum Gasteiger partial charge on any atom is -0.271 e. The third kappa shape index (κ3) is 2.07. The van der Waals surface area contributed by atoms with Crippen LogP contribution in [0.4, 0.5) is 0 Å². The molecule has 15 heavy (non-hydrogen) atoms. The number of hydrogen-bond acceptors (Lipinski definition) is 4. The Bertz CT molecular complexity index is 425. The highest BCUT2D eigenvalue weighted by molar-refractivity contribution is 7.10. The summed E-state index contributed by atoms with van der Waals surface area (Å²) in [6.07, 6.45) is 3.65. The lowest BCUT2D eigenvalue weighted by Gasteiger charge is -2.16. The number of aromatic nitrogens is 1. The van der Waals surface area contributed by atoms with Crippen molar-refractivity contribution in [1.29, 1.82) is 0 Å². The van der Waals surface area contributed by atoms with Gasteiger partial charge in [0.1, 0.15) is 0 Å². The van der Waals surface area contributed by atoms with Gasteiger partial charge in [0.25, 0.3) is 0 Å². The molecule has 1 unspecified atom stereocenters. The predicted molar refractivity (Wildman–Crippen MR) is 62.5 cm³/mol. The van der Waals surface area contributed by atoms with Crippen molar-refractivity contribution in [3.05, 3.63) is 52.0 Å². The lowest BCUT2D eigenvalue weighted by atomic mass is 10.0. The van der Waals surface area contributed by atoms with E-state index in [-0.39, 0.29) is 6.04 Å². The molecule has 1 atom stereocenters. The summed E-state index contributed by atoms with van der Waals surface area (Å²) in [7, 11) is 0. The Morgan fingerprint density at radius 3 is 2.93 bits per heavy atom. The standard InChI is InChI=1S/C11H13N3S/c1-8-7-13-5-4-9(8)11(14-12)10-3-2-6-15-10/h2-7,11,14H,12H2,1H3. The smallest absolute Gasteiger partial charge is 0.0806 e. The first kappa shape index (κ1) is 10.3. The maximum atomic E-state index is 5.60. The summed E-state index contributed by atoms with van der Waals surface area (Å²) in [5.74, 6) is 5.60. The van der Waals surface area contributed by atoms with Gasteiger partial charge in [0.05, 0.1) is 6.04 Å². The molecule has 2 rings (SSSR count). The summed E-state index contributed by atoms with van der Waals surface area (Å²) in [4.78, 5) is 5.29. The zero-order valence-electron chi connectivity index (χ0n) is 8.47. The van der Waals surface area contributed by atoms with Gasteiger partial charge in [-0.3, -0.25) is 10.8 Å². The first-order valence-corrected chi connectivity index (χ1v) is 5.61. The number of aryl methyl sites for hydroxylation is 1. The Balaban J connectivity index is 2.40. The van der Waals surface area contributed by atoms with Crippen molar-refractivity contribution in [2.45, 2.75) is 13.0 Å². The van der Waals surface area contributed by atoms with Gasteiger partial charge in [-0.05, 0) is 35.6 Å². The molecule has 2 heterocycles. The van der Waals surface area contributed by atoms with E-state index < -0.39 is 0 Å². The van der Waals surface area contributed by atoms with Crippen LogP contribution in [-0.2, 0) is 0 Å². The molecule has 0 fully saturated rings. The van der Waals surface area contributed by atoms with Crippen LogP contribution < -0.4 is 11.3 Å². The molecule has 3 N–H and O–H groups in total. The van der Waals surface area contributed by atoms with Crippen LogP contribution in [0.1, 0.15) is 22.0 Å². The average molecular weight is 219 g/mol. The highest BCUT2D eigenvalue weighted by atomic mass is 32.1. The van der Waals surface area contributed by atoms with E-state index in [1.54, 1.807) is 17.5 Å². The molecule has 0 aliphatic rings. The van der Waals surface area contributed by atoms with Crippen LogP contribution in [0.25, 0.3) is 0 Å². The van der Waals surface area contributed by atoms with Crippen molar-refractivity contribution in [3.63, 3.8) is 0 Å². The van der Waals surface area contributed by atoms with Gasteiger partial charge in [-0.25, -0.2) is 5.43 Å². The van der Waals surface area contributed by atoms with Crippen LogP contribution in [-0.4, -0.2) is 4.98 Å². The number of hydrogen-bond donors (Lipinski definition) is 2. The van der Waals surface area contributed by atoms with E-state index in [9.17, 15) is 0 Å². The van der Waals surface area contributed by atoms with Crippen molar-refractivity contribution in [2.75, 3.05) is 0 Å². The van der Waals surface area contributed by atoms with Gasteiger partial charge in [0.15, 0.2) is 0 Å². The van der Waals surface area contributed by atoms with Crippen LogP contribution in [0.3, 0.4) is 0 Å². The summed E-state index contributed by atoms with van der Waals surface area (Å²) >= 11 is 1.70. The molecule has 0 bridgehead atoms. The van der Waals surface area contributed by atoms with Crippen LogP contribution >= 0.6 is 11.3 Å². The molecular formula is C11H13N3S. The Hall–Kier alpha value is -1.23. The largest absolute Gasteiger partial charge is 0.271 e. The lowest BCUT2D eigenvalue weighted by Crippen LogP contribution is -2.28. The van der Waals surface area contributed by atoms with Gasteiger partial charge < -0.3 is 0 Å². The second-order valence-corrected chi connectivity index (χ2v) is 4.33. The molecule has 0 spiro atoms. The van der Waals surface area contributed by atoms with Crippen LogP contribution in [0.5, 0.6) is 0 Å². The minimum absolute atomic E-state index is 0.0630. The van der Waals surface area contributed by atoms with Gasteiger partial charge >= 0.3 is 0 Å². The SMILES string of the molecule is Cc1cnccc1C(NN)c1cccs1. The molecule has 78 valence electrons. The highest BCUT2D eigenvalue weighted by Crippen LogP contribution is 2.26. The third-order valence-corrected chi connectivity index (χ3v) is 3.31. The van der Waals surface area contributed by atoms with Gasteiger partial charge in [0, 0.05) is 17.3 Å². The van der Waals surface area contributed by atoms with Crippen LogP contribution in [0.15, 0.2) is 36.0 Å². The van der Waals surface area contributed by atoms with E-state index in [2.05, 4.69) is 21.9 Å². The summed E-state index contributed by atoms with van der Waals surface area (Å²) < 4.78 is 0. The average Bonchev–Trinajstić information content (AvgIpc) is 2.75. The van der Waals surface area contributed by atoms with Crippen molar-refractivity contribution in [3.8, 4) is 0 Å². The molecule has 0 saturated carbocycles. The number of nitrogens with zero attached hydrogens (tertiary/aromatic N) is 1. The monoisotopic (exact) mass is 219 g/mol. The summed E-state index contributed by atoms with van der Waals surface area (Å²) in [6.45, 7) is 2.04. The second-order valence-electron chi connectivity index (χ2n) is 3.35. The first-order valence-electron chi connectivity index (χ1n) is 4.73. The molecule has 0 aromatic carbocycles. The quantitative estimate of drug-likeness (QED) is 0.613. The maximum Gasteiger partial charge on any atom is 0.0806 e. The molecule has 0 aliphatic carbocycles. The number of nitrogens with one attached hydrogen (secondary N) is 1. The second kappa shape index (κ2) is 4.53. The topological polar surface area (TPSA) is 50.9 Å². The van der Waals surface area contributed by atoms with E-state index in [0.717, 1.165) is 5.56 Å². The molecule has 0 aliphatic heterocycles. The number of rotatable bonds is 3. The molecule has 0 radical (unpaired) electrons.